The highest BCUT2D eigenvalue weighted by atomic mass is 32.2. The highest BCUT2D eigenvalue weighted by Crippen LogP contribution is 2.20. The zero-order chi connectivity index (χ0) is 20.1. The second kappa shape index (κ2) is 8.75. The second-order valence-corrected chi connectivity index (χ2v) is 9.38. The lowest BCUT2D eigenvalue weighted by atomic mass is 9.99. The van der Waals surface area contributed by atoms with Gasteiger partial charge < -0.3 is 10.6 Å². The van der Waals surface area contributed by atoms with Gasteiger partial charge in [-0.05, 0) is 42.7 Å². The smallest absolute Gasteiger partial charge is 0.319 e. The Morgan fingerprint density at radius 1 is 1.14 bits per heavy atom. The van der Waals surface area contributed by atoms with Crippen LogP contribution in [0.4, 0.5) is 10.5 Å². The number of carbonyl (C=O) groups excluding carboxylic acids is 1. The van der Waals surface area contributed by atoms with Crippen LogP contribution >= 0.6 is 0 Å². The third-order valence-electron chi connectivity index (χ3n) is 5.17. The Labute approximate surface area is 166 Å². The maximum absolute atomic E-state index is 12.2. The second-order valence-electron chi connectivity index (χ2n) is 7.10. The average Bonchev–Trinajstić information content (AvgIpc) is 2.71. The summed E-state index contributed by atoms with van der Waals surface area (Å²) in [7, 11) is -3.30. The molecule has 0 fully saturated rings. The van der Waals surface area contributed by atoms with Gasteiger partial charge in [-0.25, -0.2) is 13.2 Å². The number of amides is 2. The van der Waals surface area contributed by atoms with Crippen LogP contribution in [0, 0.1) is 0 Å². The monoisotopic (exact) mass is 401 g/mol. The topological polar surface area (TPSA) is 78.5 Å². The predicted molar refractivity (Wildman–Crippen MR) is 111 cm³/mol. The van der Waals surface area contributed by atoms with Crippen LogP contribution in [-0.4, -0.2) is 44.2 Å². The first-order chi connectivity index (χ1) is 13.4. The molecular weight excluding hydrogens is 374 g/mol. The van der Waals surface area contributed by atoms with Gasteiger partial charge in [0.15, 0.2) is 9.84 Å². The summed E-state index contributed by atoms with van der Waals surface area (Å²) < 4.78 is 24.0. The number of hydrogen-bond donors (Lipinski definition) is 2. The minimum atomic E-state index is -3.30. The summed E-state index contributed by atoms with van der Waals surface area (Å²) in [6.07, 6.45) is 1.02. The number of urea groups is 1. The molecule has 1 unspecified atom stereocenters. The van der Waals surface area contributed by atoms with Gasteiger partial charge in [0.25, 0.3) is 0 Å². The molecule has 6 nitrogen and oxygen atoms in total. The van der Waals surface area contributed by atoms with E-state index >= 15 is 0 Å². The summed E-state index contributed by atoms with van der Waals surface area (Å²) in [5, 5.41) is 5.60. The summed E-state index contributed by atoms with van der Waals surface area (Å²) in [5.74, 6) is 0.0269. The van der Waals surface area contributed by atoms with Crippen molar-refractivity contribution >= 4 is 21.6 Å². The van der Waals surface area contributed by atoms with Gasteiger partial charge in [0.2, 0.25) is 0 Å². The fourth-order valence-corrected chi connectivity index (χ4v) is 4.30. The van der Waals surface area contributed by atoms with Crippen LogP contribution in [0.3, 0.4) is 0 Å². The van der Waals surface area contributed by atoms with Crippen LogP contribution in [0.2, 0.25) is 0 Å². The Hall–Kier alpha value is -2.38. The van der Waals surface area contributed by atoms with Crippen LogP contribution < -0.4 is 10.6 Å². The zero-order valence-corrected chi connectivity index (χ0v) is 17.1. The van der Waals surface area contributed by atoms with Crippen molar-refractivity contribution in [3.05, 3.63) is 59.7 Å². The number of rotatable bonds is 6. The molecular formula is C21H27N3O3S. The third kappa shape index (κ3) is 4.91. The molecule has 0 saturated heterocycles. The van der Waals surface area contributed by atoms with Crippen molar-refractivity contribution in [3.8, 4) is 0 Å². The Kier molecular flexibility index (Phi) is 6.36. The van der Waals surface area contributed by atoms with Crippen LogP contribution in [-0.2, 0) is 22.8 Å². The number of carbonyl (C=O) groups is 1. The van der Waals surface area contributed by atoms with Gasteiger partial charge >= 0.3 is 6.03 Å². The van der Waals surface area contributed by atoms with Gasteiger partial charge in [-0.3, -0.25) is 4.90 Å². The minimum absolute atomic E-state index is 0.0269. The van der Waals surface area contributed by atoms with E-state index in [0.717, 1.165) is 19.5 Å². The molecule has 0 spiro atoms. The normalized spacial score (nSPS) is 15.5. The van der Waals surface area contributed by atoms with E-state index in [-0.39, 0.29) is 22.7 Å². The fourth-order valence-electron chi connectivity index (χ4n) is 3.37. The molecule has 2 amide bonds. The lowest BCUT2D eigenvalue weighted by Crippen LogP contribution is -2.45. The van der Waals surface area contributed by atoms with E-state index in [9.17, 15) is 13.2 Å². The lowest BCUT2D eigenvalue weighted by molar-refractivity contribution is 0.186. The molecule has 7 heteroatoms. The molecule has 0 radical (unpaired) electrons. The first-order valence-corrected chi connectivity index (χ1v) is 11.2. The maximum atomic E-state index is 12.2. The number of anilines is 1. The first kappa shape index (κ1) is 20.4. The average molecular weight is 402 g/mol. The maximum Gasteiger partial charge on any atom is 0.319 e. The van der Waals surface area contributed by atoms with Crippen molar-refractivity contribution in [2.45, 2.75) is 37.8 Å². The van der Waals surface area contributed by atoms with Crippen molar-refractivity contribution in [2.24, 2.45) is 0 Å². The number of nitrogens with zero attached hydrogens (tertiary/aromatic N) is 1. The van der Waals surface area contributed by atoms with E-state index in [1.165, 1.54) is 23.3 Å². The van der Waals surface area contributed by atoms with Crippen molar-refractivity contribution in [3.63, 3.8) is 0 Å². The van der Waals surface area contributed by atoms with Crippen molar-refractivity contribution in [1.29, 1.82) is 0 Å². The number of nitrogens with one attached hydrogen (secondary N) is 2. The van der Waals surface area contributed by atoms with Crippen molar-refractivity contribution in [1.82, 2.24) is 10.2 Å². The van der Waals surface area contributed by atoms with E-state index in [4.69, 9.17) is 0 Å². The zero-order valence-electron chi connectivity index (χ0n) is 16.3. The first-order valence-electron chi connectivity index (χ1n) is 9.57. The summed E-state index contributed by atoms with van der Waals surface area (Å²) in [6.45, 7) is 6.07. The van der Waals surface area contributed by atoms with E-state index < -0.39 is 9.84 Å². The molecule has 0 saturated carbocycles. The molecule has 2 aromatic carbocycles. The number of benzene rings is 2. The number of sulfone groups is 1. The van der Waals surface area contributed by atoms with Crippen LogP contribution in [0.5, 0.6) is 0 Å². The summed E-state index contributed by atoms with van der Waals surface area (Å²) >= 11 is 0. The molecule has 0 aliphatic carbocycles. The Morgan fingerprint density at radius 2 is 1.89 bits per heavy atom. The minimum Gasteiger partial charge on any atom is -0.336 e. The van der Waals surface area contributed by atoms with E-state index in [2.05, 4.69) is 46.7 Å². The highest BCUT2D eigenvalue weighted by Gasteiger charge is 2.20. The molecule has 1 aliphatic heterocycles. The number of fused-ring (bicyclic) bond motifs is 1. The summed E-state index contributed by atoms with van der Waals surface area (Å²) in [4.78, 5) is 14.8. The molecule has 2 N–H and O–H groups in total. The molecule has 2 aromatic rings. The van der Waals surface area contributed by atoms with E-state index in [1.807, 2.05) is 0 Å². The molecule has 150 valence electrons. The standard InChI is InChI=1S/C21H27N3O3S/c1-3-28(26,27)20-10-6-9-19(13-20)23-21(25)22-14-16(2)24-12-11-17-7-4-5-8-18(17)15-24/h4-10,13,16H,3,11-12,14-15H2,1-2H3,(H2,22,23,25). The van der Waals surface area contributed by atoms with Crippen molar-refractivity contribution in [2.75, 3.05) is 24.2 Å². The Balaban J connectivity index is 1.53. The number of hydrogen-bond acceptors (Lipinski definition) is 4. The molecule has 0 aromatic heterocycles. The summed E-state index contributed by atoms with van der Waals surface area (Å²) in [5.41, 5.74) is 3.21. The van der Waals surface area contributed by atoms with Gasteiger partial charge in [-0.15, -0.1) is 0 Å². The molecule has 1 aliphatic rings. The van der Waals surface area contributed by atoms with Gasteiger partial charge in [-0.1, -0.05) is 37.3 Å². The Bertz CT molecular complexity index is 943. The predicted octanol–water partition coefficient (Wildman–Crippen LogP) is 3.05. The molecule has 28 heavy (non-hydrogen) atoms. The van der Waals surface area contributed by atoms with Crippen LogP contribution in [0.25, 0.3) is 0 Å². The molecule has 3 rings (SSSR count). The summed E-state index contributed by atoms with van der Waals surface area (Å²) in [6, 6.07) is 14.7. The van der Waals surface area contributed by atoms with E-state index in [1.54, 1.807) is 19.1 Å². The van der Waals surface area contributed by atoms with Crippen LogP contribution in [0.1, 0.15) is 25.0 Å². The fraction of sp³-hybridized carbons (Fsp3) is 0.381. The third-order valence-corrected chi connectivity index (χ3v) is 6.90. The van der Waals surface area contributed by atoms with Gasteiger partial charge in [0.1, 0.15) is 0 Å². The largest absolute Gasteiger partial charge is 0.336 e. The lowest BCUT2D eigenvalue weighted by Gasteiger charge is -2.33. The van der Waals surface area contributed by atoms with Gasteiger partial charge in [0, 0.05) is 31.4 Å². The van der Waals surface area contributed by atoms with Gasteiger partial charge in [-0.2, -0.15) is 0 Å². The van der Waals surface area contributed by atoms with Gasteiger partial charge in [0.05, 0.1) is 10.6 Å². The quantitative estimate of drug-likeness (QED) is 0.780. The highest BCUT2D eigenvalue weighted by molar-refractivity contribution is 7.91. The Morgan fingerprint density at radius 3 is 2.64 bits per heavy atom. The van der Waals surface area contributed by atoms with Crippen LogP contribution in [0.15, 0.2) is 53.4 Å². The molecule has 1 atom stereocenters. The van der Waals surface area contributed by atoms with Crippen molar-refractivity contribution < 1.29 is 13.2 Å². The SMILES string of the molecule is CCS(=O)(=O)c1cccc(NC(=O)NCC(C)N2CCc3ccccc3C2)c1. The van der Waals surface area contributed by atoms with E-state index in [0.29, 0.717) is 12.2 Å². The molecule has 1 heterocycles. The molecule has 0 bridgehead atoms.